The Morgan fingerprint density at radius 1 is 1.35 bits per heavy atom. The highest BCUT2D eigenvalue weighted by atomic mass is 32.1. The van der Waals surface area contributed by atoms with Crippen LogP contribution in [0.25, 0.3) is 0 Å². The molecule has 0 bridgehead atoms. The summed E-state index contributed by atoms with van der Waals surface area (Å²) in [6.45, 7) is 8.72. The van der Waals surface area contributed by atoms with Crippen LogP contribution < -0.4 is 5.32 Å². The minimum atomic E-state index is -0.105. The molecule has 1 N–H and O–H groups in total. The molecule has 23 heavy (non-hydrogen) atoms. The predicted octanol–water partition coefficient (Wildman–Crippen LogP) is 3.51. The monoisotopic (exact) mass is 333 g/mol. The second-order valence-electron chi connectivity index (χ2n) is 6.48. The summed E-state index contributed by atoms with van der Waals surface area (Å²) in [6.07, 6.45) is 1.20. The third-order valence-electron chi connectivity index (χ3n) is 4.49. The third kappa shape index (κ3) is 4.37. The maximum Gasteiger partial charge on any atom is 0.127 e. The van der Waals surface area contributed by atoms with Gasteiger partial charge in [0.25, 0.3) is 0 Å². The minimum absolute atomic E-state index is 0.105. The van der Waals surface area contributed by atoms with E-state index in [1.165, 1.54) is 11.3 Å². The molecule has 1 aliphatic heterocycles. The molecule has 2 heterocycles. The van der Waals surface area contributed by atoms with Gasteiger partial charge in [0.15, 0.2) is 0 Å². The van der Waals surface area contributed by atoms with Crippen molar-refractivity contribution in [1.29, 1.82) is 0 Å². The molecule has 0 spiro atoms. The Kier molecular flexibility index (Phi) is 5.41. The fourth-order valence-electron chi connectivity index (χ4n) is 3.17. The average Bonchev–Trinajstić information content (AvgIpc) is 3.16. The molecule has 1 atom stereocenters. The molecule has 3 nitrogen and oxygen atoms in total. The SMILES string of the molecule is Cc1ccc(F)c(CN(Cc2scnc2C)C[C@H]2CCNC2)c1. The topological polar surface area (TPSA) is 28.2 Å². The molecule has 0 amide bonds. The summed E-state index contributed by atoms with van der Waals surface area (Å²) >= 11 is 1.69. The summed E-state index contributed by atoms with van der Waals surface area (Å²) in [5.41, 5.74) is 4.89. The molecule has 0 radical (unpaired) electrons. The Hall–Kier alpha value is -1.30. The number of benzene rings is 1. The van der Waals surface area contributed by atoms with E-state index in [1.807, 2.05) is 31.5 Å². The van der Waals surface area contributed by atoms with E-state index in [1.54, 1.807) is 17.4 Å². The van der Waals surface area contributed by atoms with Crippen molar-refractivity contribution in [2.75, 3.05) is 19.6 Å². The lowest BCUT2D eigenvalue weighted by molar-refractivity contribution is 0.219. The molecule has 3 rings (SSSR count). The molecule has 0 unspecified atom stereocenters. The van der Waals surface area contributed by atoms with Crippen molar-refractivity contribution >= 4 is 11.3 Å². The van der Waals surface area contributed by atoms with Crippen LogP contribution in [-0.4, -0.2) is 29.5 Å². The minimum Gasteiger partial charge on any atom is -0.316 e. The lowest BCUT2D eigenvalue weighted by atomic mass is 10.1. The smallest absolute Gasteiger partial charge is 0.127 e. The number of hydrogen-bond donors (Lipinski definition) is 1. The van der Waals surface area contributed by atoms with Gasteiger partial charge in [-0.1, -0.05) is 17.7 Å². The highest BCUT2D eigenvalue weighted by Gasteiger charge is 2.20. The number of nitrogens with one attached hydrogen (secondary N) is 1. The summed E-state index contributed by atoms with van der Waals surface area (Å²) in [5.74, 6) is 0.544. The lowest BCUT2D eigenvalue weighted by Crippen LogP contribution is -2.30. The summed E-state index contributed by atoms with van der Waals surface area (Å²) < 4.78 is 14.2. The number of rotatable bonds is 6. The molecule has 1 aliphatic rings. The fourth-order valence-corrected chi connectivity index (χ4v) is 3.99. The maximum atomic E-state index is 14.2. The van der Waals surface area contributed by atoms with Crippen LogP contribution in [0.2, 0.25) is 0 Å². The Balaban J connectivity index is 1.76. The first-order valence-corrected chi connectivity index (χ1v) is 9.07. The number of thiazole rings is 1. The Bertz CT molecular complexity index is 649. The van der Waals surface area contributed by atoms with Crippen LogP contribution in [0.3, 0.4) is 0 Å². The fraction of sp³-hybridized carbons (Fsp3) is 0.500. The van der Waals surface area contributed by atoms with E-state index in [0.29, 0.717) is 12.5 Å². The van der Waals surface area contributed by atoms with Crippen LogP contribution in [0.1, 0.15) is 28.1 Å². The van der Waals surface area contributed by atoms with Crippen LogP contribution >= 0.6 is 11.3 Å². The number of aromatic nitrogens is 1. The van der Waals surface area contributed by atoms with Gasteiger partial charge in [-0.15, -0.1) is 11.3 Å². The first-order chi connectivity index (χ1) is 11.1. The summed E-state index contributed by atoms with van der Waals surface area (Å²) in [7, 11) is 0. The standard InChI is InChI=1S/C18H24FN3S/c1-13-3-4-17(19)16(7-13)10-22(9-15-5-6-20-8-15)11-18-14(2)21-12-23-18/h3-4,7,12,15,20H,5-6,8-11H2,1-2H3/t15-/m0/s1. The normalized spacial score (nSPS) is 18.0. The van der Waals surface area contributed by atoms with Crippen LogP contribution in [0, 0.1) is 25.6 Å². The van der Waals surface area contributed by atoms with Gasteiger partial charge in [0.2, 0.25) is 0 Å². The molecular formula is C18H24FN3S. The van der Waals surface area contributed by atoms with Crippen LogP contribution in [0.5, 0.6) is 0 Å². The molecule has 124 valence electrons. The lowest BCUT2D eigenvalue weighted by Gasteiger charge is -2.25. The highest BCUT2D eigenvalue weighted by Crippen LogP contribution is 2.21. The van der Waals surface area contributed by atoms with Crippen molar-refractivity contribution < 1.29 is 4.39 Å². The molecule has 1 saturated heterocycles. The van der Waals surface area contributed by atoms with E-state index < -0.39 is 0 Å². The van der Waals surface area contributed by atoms with Crippen molar-refractivity contribution in [2.24, 2.45) is 5.92 Å². The number of nitrogens with zero attached hydrogens (tertiary/aromatic N) is 2. The van der Waals surface area contributed by atoms with Gasteiger partial charge >= 0.3 is 0 Å². The van der Waals surface area contributed by atoms with E-state index in [0.717, 1.165) is 43.0 Å². The number of halogens is 1. The zero-order valence-electron chi connectivity index (χ0n) is 13.8. The summed E-state index contributed by atoms with van der Waals surface area (Å²) in [4.78, 5) is 8.00. The van der Waals surface area contributed by atoms with E-state index >= 15 is 0 Å². The second-order valence-corrected chi connectivity index (χ2v) is 7.42. The van der Waals surface area contributed by atoms with E-state index in [-0.39, 0.29) is 5.82 Å². The maximum absolute atomic E-state index is 14.2. The van der Waals surface area contributed by atoms with Gasteiger partial charge in [0.05, 0.1) is 11.2 Å². The van der Waals surface area contributed by atoms with Crippen LogP contribution in [-0.2, 0) is 13.1 Å². The van der Waals surface area contributed by atoms with Crippen molar-refractivity contribution in [1.82, 2.24) is 15.2 Å². The Morgan fingerprint density at radius 2 is 2.22 bits per heavy atom. The van der Waals surface area contributed by atoms with Crippen LogP contribution in [0.15, 0.2) is 23.7 Å². The second kappa shape index (κ2) is 7.51. The highest BCUT2D eigenvalue weighted by molar-refractivity contribution is 7.09. The van der Waals surface area contributed by atoms with Crippen molar-refractivity contribution in [3.63, 3.8) is 0 Å². The van der Waals surface area contributed by atoms with Crippen molar-refractivity contribution in [3.8, 4) is 0 Å². The van der Waals surface area contributed by atoms with Gasteiger partial charge < -0.3 is 5.32 Å². The van der Waals surface area contributed by atoms with E-state index in [9.17, 15) is 4.39 Å². The summed E-state index contributed by atoms with van der Waals surface area (Å²) in [6, 6.07) is 5.38. The Morgan fingerprint density at radius 3 is 2.91 bits per heavy atom. The molecule has 0 aliphatic carbocycles. The van der Waals surface area contributed by atoms with Crippen molar-refractivity contribution in [3.05, 3.63) is 51.2 Å². The van der Waals surface area contributed by atoms with Gasteiger partial charge in [-0.3, -0.25) is 4.90 Å². The molecule has 1 aromatic heterocycles. The van der Waals surface area contributed by atoms with E-state index in [2.05, 4.69) is 15.2 Å². The molecule has 5 heteroatoms. The number of hydrogen-bond acceptors (Lipinski definition) is 4. The zero-order valence-corrected chi connectivity index (χ0v) is 14.6. The van der Waals surface area contributed by atoms with E-state index in [4.69, 9.17) is 0 Å². The van der Waals surface area contributed by atoms with Gasteiger partial charge in [0.1, 0.15) is 5.82 Å². The first kappa shape index (κ1) is 16.6. The molecule has 1 aromatic carbocycles. The van der Waals surface area contributed by atoms with Gasteiger partial charge in [0, 0.05) is 30.1 Å². The first-order valence-electron chi connectivity index (χ1n) is 8.19. The molecule has 0 saturated carbocycles. The van der Waals surface area contributed by atoms with Crippen molar-refractivity contribution in [2.45, 2.75) is 33.4 Å². The Labute approximate surface area is 141 Å². The predicted molar refractivity (Wildman–Crippen MR) is 93.1 cm³/mol. The molecule has 1 fully saturated rings. The van der Waals surface area contributed by atoms with Crippen LogP contribution in [0.4, 0.5) is 4.39 Å². The quantitative estimate of drug-likeness (QED) is 0.877. The number of aryl methyl sites for hydroxylation is 2. The largest absolute Gasteiger partial charge is 0.316 e. The average molecular weight is 333 g/mol. The third-order valence-corrected chi connectivity index (χ3v) is 5.41. The molecule has 2 aromatic rings. The molecular weight excluding hydrogens is 309 g/mol. The summed E-state index contributed by atoms with van der Waals surface area (Å²) in [5, 5.41) is 3.42. The van der Waals surface area contributed by atoms with Gasteiger partial charge in [-0.05, 0) is 45.3 Å². The van der Waals surface area contributed by atoms with Gasteiger partial charge in [-0.2, -0.15) is 0 Å². The zero-order chi connectivity index (χ0) is 16.2. The van der Waals surface area contributed by atoms with Gasteiger partial charge in [-0.25, -0.2) is 9.37 Å².